The first-order valence-electron chi connectivity index (χ1n) is 10.5. The van der Waals surface area contributed by atoms with E-state index < -0.39 is 0 Å². The topological polar surface area (TPSA) is 65.8 Å². The molecule has 0 aliphatic rings. The quantitative estimate of drug-likeness (QED) is 0.378. The van der Waals surface area contributed by atoms with Gasteiger partial charge in [0.25, 0.3) is 11.8 Å². The Morgan fingerprint density at radius 3 is 2.42 bits per heavy atom. The highest BCUT2D eigenvalue weighted by Crippen LogP contribution is 2.27. The van der Waals surface area contributed by atoms with Crippen molar-refractivity contribution in [1.29, 1.82) is 0 Å². The fourth-order valence-electron chi connectivity index (χ4n) is 3.57. The van der Waals surface area contributed by atoms with Crippen molar-refractivity contribution >= 4 is 34.5 Å². The molecule has 4 aromatic rings. The molecule has 1 N–H and O–H groups in total. The van der Waals surface area contributed by atoms with Crippen molar-refractivity contribution in [2.75, 3.05) is 24.3 Å². The predicted molar refractivity (Wildman–Crippen MR) is 132 cm³/mol. The van der Waals surface area contributed by atoms with Crippen LogP contribution in [0.3, 0.4) is 0 Å². The van der Waals surface area contributed by atoms with Crippen LogP contribution in [-0.2, 0) is 13.1 Å². The van der Waals surface area contributed by atoms with Gasteiger partial charge in [-0.25, -0.2) is 0 Å². The number of hydrogen-bond donors (Lipinski definition) is 1. The first kappa shape index (κ1) is 22.4. The van der Waals surface area contributed by atoms with E-state index in [0.29, 0.717) is 35.0 Å². The molecule has 0 spiro atoms. The summed E-state index contributed by atoms with van der Waals surface area (Å²) in [4.78, 5) is 30.3. The molecule has 2 aromatic heterocycles. The molecule has 0 saturated carbocycles. The smallest absolute Gasteiger partial charge is 0.264 e. The van der Waals surface area contributed by atoms with E-state index in [2.05, 4.69) is 5.32 Å². The third kappa shape index (κ3) is 5.51. The number of hydrogen-bond acceptors (Lipinski definition) is 5. The van der Waals surface area contributed by atoms with Crippen LogP contribution in [0, 0.1) is 0 Å². The van der Waals surface area contributed by atoms with Gasteiger partial charge in [-0.2, -0.15) is 0 Å². The summed E-state index contributed by atoms with van der Waals surface area (Å²) in [5.41, 5.74) is 3.15. The van der Waals surface area contributed by atoms with Gasteiger partial charge in [-0.15, -0.1) is 11.3 Å². The van der Waals surface area contributed by atoms with Gasteiger partial charge < -0.3 is 19.5 Å². The van der Waals surface area contributed by atoms with Crippen LogP contribution in [0.25, 0.3) is 0 Å². The van der Waals surface area contributed by atoms with Gasteiger partial charge in [-0.3, -0.25) is 9.59 Å². The second-order valence-electron chi connectivity index (χ2n) is 7.78. The molecule has 0 radical (unpaired) electrons. The normalized spacial score (nSPS) is 10.6. The maximum atomic E-state index is 13.3. The Balaban J connectivity index is 1.63. The van der Waals surface area contributed by atoms with Crippen molar-refractivity contribution in [3.63, 3.8) is 0 Å². The molecule has 0 saturated heterocycles. The fraction of sp³-hybridized carbons (Fsp3) is 0.154. The Labute approximate surface area is 197 Å². The molecule has 0 unspecified atom stereocenters. The molecule has 33 heavy (non-hydrogen) atoms. The Morgan fingerprint density at radius 2 is 1.76 bits per heavy atom. The zero-order valence-electron chi connectivity index (χ0n) is 18.5. The van der Waals surface area contributed by atoms with Crippen molar-refractivity contribution < 1.29 is 14.0 Å². The van der Waals surface area contributed by atoms with Crippen LogP contribution in [-0.4, -0.2) is 30.8 Å². The molecule has 2 heterocycles. The van der Waals surface area contributed by atoms with Gasteiger partial charge in [0.1, 0.15) is 5.76 Å². The summed E-state index contributed by atoms with van der Waals surface area (Å²) in [5, 5.41) is 4.86. The first-order valence-corrected chi connectivity index (χ1v) is 11.4. The van der Waals surface area contributed by atoms with E-state index in [-0.39, 0.29) is 11.8 Å². The molecule has 7 heteroatoms. The highest BCUT2D eigenvalue weighted by Gasteiger charge is 2.21. The number of carbonyl (C=O) groups is 2. The van der Waals surface area contributed by atoms with Crippen LogP contribution in [0.5, 0.6) is 0 Å². The zero-order valence-corrected chi connectivity index (χ0v) is 19.3. The Kier molecular flexibility index (Phi) is 6.90. The molecule has 168 valence electrons. The maximum absolute atomic E-state index is 13.3. The van der Waals surface area contributed by atoms with Gasteiger partial charge in [0.15, 0.2) is 0 Å². The highest BCUT2D eigenvalue weighted by atomic mass is 32.1. The SMILES string of the molecule is CN(C)c1ccc(NC(=O)c2ccccc2)cc1CN(Cc1ccco1)C(=O)c1cccs1. The molecule has 2 aromatic carbocycles. The van der Waals surface area contributed by atoms with E-state index in [1.807, 2.05) is 85.0 Å². The number of benzene rings is 2. The summed E-state index contributed by atoms with van der Waals surface area (Å²) in [5.74, 6) is 0.464. The van der Waals surface area contributed by atoms with Crippen molar-refractivity contribution in [1.82, 2.24) is 4.90 Å². The van der Waals surface area contributed by atoms with Crippen molar-refractivity contribution in [2.24, 2.45) is 0 Å². The molecule has 0 aliphatic carbocycles. The van der Waals surface area contributed by atoms with Gasteiger partial charge in [-0.05, 0) is 59.5 Å². The third-order valence-corrected chi connectivity index (χ3v) is 6.02. The zero-order chi connectivity index (χ0) is 23.2. The minimum Gasteiger partial charge on any atom is -0.467 e. The molecular formula is C26H25N3O3S. The van der Waals surface area contributed by atoms with Crippen LogP contribution >= 0.6 is 11.3 Å². The molecule has 2 amide bonds. The second kappa shape index (κ2) is 10.2. The lowest BCUT2D eigenvalue weighted by Gasteiger charge is -2.25. The van der Waals surface area contributed by atoms with Crippen molar-refractivity contribution in [3.05, 3.63) is 106 Å². The van der Waals surface area contributed by atoms with Crippen LogP contribution in [0.15, 0.2) is 88.9 Å². The van der Waals surface area contributed by atoms with Crippen LogP contribution < -0.4 is 10.2 Å². The van der Waals surface area contributed by atoms with Gasteiger partial charge in [0, 0.05) is 37.6 Å². The fourth-order valence-corrected chi connectivity index (χ4v) is 4.26. The summed E-state index contributed by atoms with van der Waals surface area (Å²) < 4.78 is 5.51. The molecule has 6 nitrogen and oxygen atoms in total. The molecule has 0 atom stereocenters. The lowest BCUT2D eigenvalue weighted by molar-refractivity contribution is 0.0722. The largest absolute Gasteiger partial charge is 0.467 e. The van der Waals surface area contributed by atoms with Crippen LogP contribution in [0.4, 0.5) is 11.4 Å². The maximum Gasteiger partial charge on any atom is 0.264 e. The number of nitrogens with zero attached hydrogens (tertiary/aromatic N) is 2. The summed E-state index contributed by atoms with van der Waals surface area (Å²) >= 11 is 1.41. The number of anilines is 2. The van der Waals surface area contributed by atoms with E-state index in [1.165, 1.54) is 11.3 Å². The standard InChI is InChI=1S/C26H25N3O3S/c1-28(2)23-13-12-21(27-25(30)19-8-4-3-5-9-19)16-20(23)17-29(18-22-10-6-14-32-22)26(31)24-11-7-15-33-24/h3-16H,17-18H2,1-2H3,(H,27,30). The summed E-state index contributed by atoms with van der Waals surface area (Å²) in [7, 11) is 3.91. The first-order chi connectivity index (χ1) is 16.0. The van der Waals surface area contributed by atoms with Gasteiger partial charge >= 0.3 is 0 Å². The minimum absolute atomic E-state index is 0.0650. The number of nitrogens with one attached hydrogen (secondary N) is 1. The molecule has 4 rings (SSSR count). The van der Waals surface area contributed by atoms with E-state index in [1.54, 1.807) is 23.3 Å². The number of rotatable bonds is 8. The number of carbonyl (C=O) groups excluding carboxylic acids is 2. The lowest BCUT2D eigenvalue weighted by atomic mass is 10.1. The minimum atomic E-state index is -0.179. The molecule has 0 fully saturated rings. The third-order valence-electron chi connectivity index (χ3n) is 5.16. The number of thiophene rings is 1. The van der Waals surface area contributed by atoms with Gasteiger partial charge in [-0.1, -0.05) is 24.3 Å². The summed E-state index contributed by atoms with van der Waals surface area (Å²) in [6, 6.07) is 22.2. The average molecular weight is 460 g/mol. The Hall–Kier alpha value is -3.84. The molecular weight excluding hydrogens is 434 g/mol. The van der Waals surface area contributed by atoms with E-state index in [9.17, 15) is 9.59 Å². The Morgan fingerprint density at radius 1 is 0.939 bits per heavy atom. The van der Waals surface area contributed by atoms with E-state index >= 15 is 0 Å². The highest BCUT2D eigenvalue weighted by molar-refractivity contribution is 7.12. The number of furan rings is 1. The predicted octanol–water partition coefficient (Wildman–Crippen LogP) is 5.50. The Bertz CT molecular complexity index is 1200. The lowest BCUT2D eigenvalue weighted by Crippen LogP contribution is -2.30. The molecule has 0 bridgehead atoms. The average Bonchev–Trinajstić information content (AvgIpc) is 3.53. The van der Waals surface area contributed by atoms with Crippen LogP contribution in [0.1, 0.15) is 31.4 Å². The van der Waals surface area contributed by atoms with Crippen molar-refractivity contribution in [3.8, 4) is 0 Å². The monoisotopic (exact) mass is 459 g/mol. The summed E-state index contributed by atoms with van der Waals surface area (Å²) in [6.45, 7) is 0.706. The van der Waals surface area contributed by atoms with E-state index in [0.717, 1.165) is 11.3 Å². The summed E-state index contributed by atoms with van der Waals surface area (Å²) in [6.07, 6.45) is 1.61. The van der Waals surface area contributed by atoms with Crippen molar-refractivity contribution in [2.45, 2.75) is 13.1 Å². The van der Waals surface area contributed by atoms with E-state index in [4.69, 9.17) is 4.42 Å². The van der Waals surface area contributed by atoms with Gasteiger partial charge in [0.05, 0.1) is 17.7 Å². The van der Waals surface area contributed by atoms with Crippen LogP contribution in [0.2, 0.25) is 0 Å². The van der Waals surface area contributed by atoms with Gasteiger partial charge in [0.2, 0.25) is 0 Å². The second-order valence-corrected chi connectivity index (χ2v) is 8.72. The number of amides is 2. The molecule has 0 aliphatic heterocycles.